The van der Waals surface area contributed by atoms with E-state index in [0.29, 0.717) is 23.0 Å². The van der Waals surface area contributed by atoms with Crippen LogP contribution in [0.1, 0.15) is 22.5 Å². The van der Waals surface area contributed by atoms with Crippen LogP contribution in [-0.4, -0.2) is 51.4 Å². The summed E-state index contributed by atoms with van der Waals surface area (Å²) in [5, 5.41) is 10.7. The van der Waals surface area contributed by atoms with E-state index in [2.05, 4.69) is 0 Å². The van der Waals surface area contributed by atoms with Crippen LogP contribution in [0.3, 0.4) is 0 Å². The maximum atomic E-state index is 11.7. The molecule has 7 nitrogen and oxygen atoms in total. The number of hydrogen-bond acceptors (Lipinski definition) is 8. The minimum atomic E-state index is -0.899. The Morgan fingerprint density at radius 1 is 1.03 bits per heavy atom. The van der Waals surface area contributed by atoms with Crippen molar-refractivity contribution in [1.82, 2.24) is 0 Å². The molecule has 1 aliphatic rings. The predicted molar refractivity (Wildman–Crippen MR) is 109 cm³/mol. The largest absolute Gasteiger partial charge is 0.497 e. The number of hydrogen-bond donors (Lipinski definition) is 1. The zero-order valence-corrected chi connectivity index (χ0v) is 17.5. The van der Waals surface area contributed by atoms with Gasteiger partial charge in [0.15, 0.2) is 17.6 Å². The first-order valence-electron chi connectivity index (χ1n) is 8.95. The third kappa shape index (κ3) is 4.38. The van der Waals surface area contributed by atoms with E-state index >= 15 is 0 Å². The summed E-state index contributed by atoms with van der Waals surface area (Å²) in [4.78, 5) is 11.7. The molecule has 0 amide bonds. The smallest absolute Gasteiger partial charge is 0.315 e. The summed E-state index contributed by atoms with van der Waals surface area (Å²) in [6.07, 6.45) is -1.56. The summed E-state index contributed by atoms with van der Waals surface area (Å²) in [6, 6.07) is 10.8. The molecule has 156 valence electrons. The molecule has 0 saturated heterocycles. The van der Waals surface area contributed by atoms with E-state index in [4.69, 9.17) is 23.7 Å². The maximum absolute atomic E-state index is 11.7. The zero-order chi connectivity index (χ0) is 21.0. The Balaban J connectivity index is 1.99. The van der Waals surface area contributed by atoms with Gasteiger partial charge >= 0.3 is 5.97 Å². The fourth-order valence-electron chi connectivity index (χ4n) is 3.23. The van der Waals surface area contributed by atoms with Crippen LogP contribution in [0.2, 0.25) is 0 Å². The summed E-state index contributed by atoms with van der Waals surface area (Å²) in [5.41, 5.74) is 1.52. The van der Waals surface area contributed by atoms with Gasteiger partial charge in [-0.2, -0.15) is 0 Å². The third-order valence-electron chi connectivity index (χ3n) is 4.75. The quantitative estimate of drug-likeness (QED) is 0.684. The molecule has 0 bridgehead atoms. The zero-order valence-electron chi connectivity index (χ0n) is 16.7. The molecule has 0 radical (unpaired) electrons. The molecule has 1 N–H and O–H groups in total. The van der Waals surface area contributed by atoms with Gasteiger partial charge in [-0.3, -0.25) is 4.79 Å². The van der Waals surface area contributed by atoms with Crippen LogP contribution in [0.4, 0.5) is 0 Å². The monoisotopic (exact) mass is 420 g/mol. The van der Waals surface area contributed by atoms with Gasteiger partial charge in [0.05, 0.1) is 39.4 Å². The van der Waals surface area contributed by atoms with Gasteiger partial charge < -0.3 is 28.8 Å². The molecule has 3 atom stereocenters. The minimum absolute atomic E-state index is 0.113. The highest BCUT2D eigenvalue weighted by Gasteiger charge is 2.39. The normalized spacial score (nSPS) is 20.2. The molecule has 1 aliphatic heterocycles. The molecular formula is C21H24O7S. The number of aliphatic hydroxyl groups is 1. The lowest BCUT2D eigenvalue weighted by Crippen LogP contribution is -2.33. The second-order valence-electron chi connectivity index (χ2n) is 6.35. The van der Waals surface area contributed by atoms with Crippen LogP contribution in [0, 0.1) is 0 Å². The number of aliphatic hydroxyl groups excluding tert-OH is 1. The Bertz CT molecular complexity index is 870. The molecule has 0 aromatic heterocycles. The number of rotatable bonds is 7. The molecule has 0 unspecified atom stereocenters. The average Bonchev–Trinajstić information content (AvgIpc) is 2.76. The lowest BCUT2D eigenvalue weighted by Gasteiger charge is -2.37. The predicted octanol–water partition coefficient (Wildman–Crippen LogP) is 3.15. The summed E-state index contributed by atoms with van der Waals surface area (Å²) in [5.74, 6) is 2.12. The SMILES string of the molecule is COC(=O)CS[C@H]1c2ccc(OC)cc2O[C@H](c2ccc(OC)c(OC)c2)[C@H]1O. The molecule has 0 saturated carbocycles. The Labute approximate surface area is 173 Å². The van der Waals surface area contributed by atoms with E-state index in [1.54, 1.807) is 45.6 Å². The van der Waals surface area contributed by atoms with Crippen molar-refractivity contribution in [3.63, 3.8) is 0 Å². The highest BCUT2D eigenvalue weighted by molar-refractivity contribution is 8.00. The van der Waals surface area contributed by atoms with Gasteiger partial charge in [0, 0.05) is 11.6 Å². The molecule has 0 fully saturated rings. The molecule has 2 aromatic carbocycles. The van der Waals surface area contributed by atoms with Gasteiger partial charge in [0.25, 0.3) is 0 Å². The lowest BCUT2D eigenvalue weighted by molar-refractivity contribution is -0.137. The molecule has 8 heteroatoms. The summed E-state index contributed by atoms with van der Waals surface area (Å²) < 4.78 is 26.9. The van der Waals surface area contributed by atoms with Crippen molar-refractivity contribution in [3.8, 4) is 23.0 Å². The second-order valence-corrected chi connectivity index (χ2v) is 7.48. The van der Waals surface area contributed by atoms with E-state index in [0.717, 1.165) is 11.1 Å². The van der Waals surface area contributed by atoms with Crippen molar-refractivity contribution < 1.29 is 33.6 Å². The highest BCUT2D eigenvalue weighted by atomic mass is 32.2. The number of carbonyl (C=O) groups is 1. The highest BCUT2D eigenvalue weighted by Crippen LogP contribution is 2.49. The molecule has 0 aliphatic carbocycles. The van der Waals surface area contributed by atoms with E-state index in [1.807, 2.05) is 12.1 Å². The fourth-order valence-corrected chi connectivity index (χ4v) is 4.38. The molecular weight excluding hydrogens is 396 g/mol. The topological polar surface area (TPSA) is 83.5 Å². The Morgan fingerprint density at radius 2 is 1.79 bits per heavy atom. The number of carbonyl (C=O) groups excluding carboxylic acids is 1. The number of benzene rings is 2. The first-order chi connectivity index (χ1) is 14.0. The molecule has 29 heavy (non-hydrogen) atoms. The number of fused-ring (bicyclic) bond motifs is 1. The minimum Gasteiger partial charge on any atom is -0.497 e. The van der Waals surface area contributed by atoms with E-state index in [1.165, 1.54) is 18.9 Å². The van der Waals surface area contributed by atoms with Crippen molar-refractivity contribution in [1.29, 1.82) is 0 Å². The van der Waals surface area contributed by atoms with Crippen molar-refractivity contribution >= 4 is 17.7 Å². The Morgan fingerprint density at radius 3 is 2.45 bits per heavy atom. The molecule has 0 spiro atoms. The van der Waals surface area contributed by atoms with Gasteiger partial charge in [-0.25, -0.2) is 0 Å². The van der Waals surface area contributed by atoms with Gasteiger partial charge in [-0.05, 0) is 23.8 Å². The third-order valence-corrected chi connectivity index (χ3v) is 6.04. The van der Waals surface area contributed by atoms with E-state index < -0.39 is 12.2 Å². The second kappa shape index (κ2) is 9.28. The van der Waals surface area contributed by atoms with Crippen molar-refractivity contribution in [2.75, 3.05) is 34.2 Å². The molecule has 2 aromatic rings. The fraction of sp³-hybridized carbons (Fsp3) is 0.381. The number of ether oxygens (including phenoxy) is 5. The summed E-state index contributed by atoms with van der Waals surface area (Å²) in [7, 11) is 6.03. The lowest BCUT2D eigenvalue weighted by atomic mass is 9.94. The maximum Gasteiger partial charge on any atom is 0.315 e. The first-order valence-corrected chi connectivity index (χ1v) is 10.00. The Kier molecular flexibility index (Phi) is 6.76. The van der Waals surface area contributed by atoms with Crippen molar-refractivity contribution in [2.24, 2.45) is 0 Å². The number of methoxy groups -OCH3 is 4. The van der Waals surface area contributed by atoms with Gasteiger partial charge in [-0.15, -0.1) is 11.8 Å². The molecule has 1 heterocycles. The van der Waals surface area contributed by atoms with Crippen LogP contribution < -0.4 is 18.9 Å². The van der Waals surface area contributed by atoms with Gasteiger partial charge in [0.2, 0.25) is 0 Å². The van der Waals surface area contributed by atoms with Crippen LogP contribution in [0.5, 0.6) is 23.0 Å². The van der Waals surface area contributed by atoms with Crippen molar-refractivity contribution in [3.05, 3.63) is 47.5 Å². The number of esters is 1. The van der Waals surface area contributed by atoms with Gasteiger partial charge in [-0.1, -0.05) is 12.1 Å². The van der Waals surface area contributed by atoms with Gasteiger partial charge in [0.1, 0.15) is 17.6 Å². The van der Waals surface area contributed by atoms with E-state index in [9.17, 15) is 9.90 Å². The van der Waals surface area contributed by atoms with Crippen LogP contribution in [-0.2, 0) is 9.53 Å². The van der Waals surface area contributed by atoms with Crippen LogP contribution in [0.15, 0.2) is 36.4 Å². The standard InChI is InChI=1S/C21H24O7S/c1-24-13-6-7-14-16(10-13)28-20(19(23)21(14)29-11-18(22)27-4)12-5-8-15(25-2)17(9-12)26-3/h5-10,19-21,23H,11H2,1-4H3/t19-,20-,21+/m1/s1. The molecule has 3 rings (SSSR count). The summed E-state index contributed by atoms with van der Waals surface area (Å²) in [6.45, 7) is 0. The van der Waals surface area contributed by atoms with Crippen molar-refractivity contribution in [2.45, 2.75) is 17.5 Å². The Hall–Kier alpha value is -2.58. The number of thioether (sulfide) groups is 1. The van der Waals surface area contributed by atoms with E-state index in [-0.39, 0.29) is 17.0 Å². The average molecular weight is 420 g/mol. The summed E-state index contributed by atoms with van der Waals surface area (Å²) >= 11 is 1.31. The van der Waals surface area contributed by atoms with Crippen LogP contribution in [0.25, 0.3) is 0 Å². The van der Waals surface area contributed by atoms with Crippen LogP contribution >= 0.6 is 11.8 Å². The first kappa shape index (κ1) is 21.1.